The summed E-state index contributed by atoms with van der Waals surface area (Å²) in [5.74, 6) is -0.172. The highest BCUT2D eigenvalue weighted by Crippen LogP contribution is 2.11. The SMILES string of the molecule is CNC(CCc1ccc(C)cc1)Cc1ccc(F)cc1. The molecule has 2 aromatic rings. The van der Waals surface area contributed by atoms with Crippen molar-refractivity contribution >= 4 is 0 Å². The van der Waals surface area contributed by atoms with Gasteiger partial charge in [-0.25, -0.2) is 4.39 Å². The first-order valence-electron chi connectivity index (χ1n) is 7.14. The Morgan fingerprint density at radius 3 is 2.15 bits per heavy atom. The van der Waals surface area contributed by atoms with Crippen LogP contribution in [0.4, 0.5) is 4.39 Å². The fraction of sp³-hybridized carbons (Fsp3) is 0.333. The van der Waals surface area contributed by atoms with E-state index in [-0.39, 0.29) is 5.82 Å². The number of aryl methyl sites for hydroxylation is 2. The van der Waals surface area contributed by atoms with Crippen LogP contribution in [0.25, 0.3) is 0 Å². The van der Waals surface area contributed by atoms with Crippen molar-refractivity contribution in [1.82, 2.24) is 5.32 Å². The maximum Gasteiger partial charge on any atom is 0.123 e. The van der Waals surface area contributed by atoms with Gasteiger partial charge in [0.25, 0.3) is 0 Å². The summed E-state index contributed by atoms with van der Waals surface area (Å²) >= 11 is 0. The van der Waals surface area contributed by atoms with Crippen molar-refractivity contribution in [1.29, 1.82) is 0 Å². The molecule has 2 heteroatoms. The summed E-state index contributed by atoms with van der Waals surface area (Å²) in [6.45, 7) is 2.11. The second-order valence-corrected chi connectivity index (χ2v) is 5.34. The average Bonchev–Trinajstić information content (AvgIpc) is 2.47. The van der Waals surface area contributed by atoms with Gasteiger partial charge in [0.05, 0.1) is 0 Å². The fourth-order valence-electron chi connectivity index (χ4n) is 2.35. The Bertz CT molecular complexity index is 516. The Hall–Kier alpha value is -1.67. The lowest BCUT2D eigenvalue weighted by molar-refractivity contribution is 0.519. The molecule has 0 aliphatic heterocycles. The third-order valence-corrected chi connectivity index (χ3v) is 3.71. The smallest absolute Gasteiger partial charge is 0.123 e. The van der Waals surface area contributed by atoms with Crippen molar-refractivity contribution < 1.29 is 4.39 Å². The molecule has 0 aliphatic rings. The van der Waals surface area contributed by atoms with Gasteiger partial charge in [-0.1, -0.05) is 42.0 Å². The van der Waals surface area contributed by atoms with Crippen LogP contribution in [0.15, 0.2) is 48.5 Å². The van der Waals surface area contributed by atoms with Gasteiger partial charge in [0.1, 0.15) is 5.82 Å². The Balaban J connectivity index is 1.88. The molecule has 0 radical (unpaired) electrons. The number of hydrogen-bond donors (Lipinski definition) is 1. The molecule has 20 heavy (non-hydrogen) atoms. The number of likely N-dealkylation sites (N-methyl/N-ethyl adjacent to an activating group) is 1. The second-order valence-electron chi connectivity index (χ2n) is 5.34. The van der Waals surface area contributed by atoms with Crippen LogP contribution in [0.3, 0.4) is 0 Å². The van der Waals surface area contributed by atoms with Gasteiger partial charge < -0.3 is 5.32 Å². The Kier molecular flexibility index (Phi) is 5.31. The molecule has 0 saturated carbocycles. The highest BCUT2D eigenvalue weighted by Gasteiger charge is 2.08. The molecule has 0 saturated heterocycles. The van der Waals surface area contributed by atoms with Crippen LogP contribution in [-0.2, 0) is 12.8 Å². The van der Waals surface area contributed by atoms with Gasteiger partial charge in [-0.2, -0.15) is 0 Å². The van der Waals surface area contributed by atoms with E-state index in [9.17, 15) is 4.39 Å². The zero-order valence-electron chi connectivity index (χ0n) is 12.2. The van der Waals surface area contributed by atoms with E-state index in [2.05, 4.69) is 36.5 Å². The molecular weight excluding hydrogens is 249 g/mol. The minimum Gasteiger partial charge on any atom is -0.317 e. The van der Waals surface area contributed by atoms with Crippen molar-refractivity contribution in [3.05, 3.63) is 71.0 Å². The Labute approximate surface area is 120 Å². The van der Waals surface area contributed by atoms with Gasteiger partial charge in [0.2, 0.25) is 0 Å². The Morgan fingerprint density at radius 2 is 1.55 bits per heavy atom. The van der Waals surface area contributed by atoms with E-state index in [1.54, 1.807) is 0 Å². The summed E-state index contributed by atoms with van der Waals surface area (Å²) in [5.41, 5.74) is 3.84. The summed E-state index contributed by atoms with van der Waals surface area (Å²) in [5, 5.41) is 3.35. The van der Waals surface area contributed by atoms with Crippen molar-refractivity contribution in [3.8, 4) is 0 Å². The number of halogens is 1. The van der Waals surface area contributed by atoms with Gasteiger partial charge in [-0.15, -0.1) is 0 Å². The van der Waals surface area contributed by atoms with E-state index in [0.717, 1.165) is 19.3 Å². The minimum atomic E-state index is -0.172. The summed E-state index contributed by atoms with van der Waals surface area (Å²) in [6, 6.07) is 15.9. The normalized spacial score (nSPS) is 12.3. The van der Waals surface area contributed by atoms with Crippen molar-refractivity contribution in [2.75, 3.05) is 7.05 Å². The number of hydrogen-bond acceptors (Lipinski definition) is 1. The van der Waals surface area contributed by atoms with Gasteiger partial charge in [0.15, 0.2) is 0 Å². The van der Waals surface area contributed by atoms with E-state index >= 15 is 0 Å². The molecule has 2 rings (SSSR count). The van der Waals surface area contributed by atoms with Crippen LogP contribution < -0.4 is 5.32 Å². The summed E-state index contributed by atoms with van der Waals surface area (Å²) in [4.78, 5) is 0. The highest BCUT2D eigenvalue weighted by atomic mass is 19.1. The first-order chi connectivity index (χ1) is 9.67. The standard InChI is InChI=1S/C18H22FN/c1-14-3-5-15(6-4-14)9-12-18(20-2)13-16-7-10-17(19)11-8-16/h3-8,10-11,18,20H,9,12-13H2,1-2H3. The molecule has 0 aliphatic carbocycles. The third-order valence-electron chi connectivity index (χ3n) is 3.71. The van der Waals surface area contributed by atoms with E-state index in [4.69, 9.17) is 0 Å². The lowest BCUT2D eigenvalue weighted by Crippen LogP contribution is -2.28. The number of rotatable bonds is 6. The molecule has 2 aromatic carbocycles. The lowest BCUT2D eigenvalue weighted by atomic mass is 9.99. The van der Waals surface area contributed by atoms with Crippen molar-refractivity contribution in [2.24, 2.45) is 0 Å². The monoisotopic (exact) mass is 271 g/mol. The molecule has 0 aromatic heterocycles. The summed E-state index contributed by atoms with van der Waals surface area (Å²) in [6.07, 6.45) is 3.08. The lowest BCUT2D eigenvalue weighted by Gasteiger charge is -2.16. The van der Waals surface area contributed by atoms with Gasteiger partial charge in [-0.3, -0.25) is 0 Å². The van der Waals surface area contributed by atoms with Crippen LogP contribution in [0.2, 0.25) is 0 Å². The van der Waals surface area contributed by atoms with E-state index in [0.29, 0.717) is 6.04 Å². The van der Waals surface area contributed by atoms with Gasteiger partial charge >= 0.3 is 0 Å². The Morgan fingerprint density at radius 1 is 0.950 bits per heavy atom. The quantitative estimate of drug-likeness (QED) is 0.840. The molecule has 0 amide bonds. The zero-order valence-corrected chi connectivity index (χ0v) is 12.2. The maximum absolute atomic E-state index is 12.9. The largest absolute Gasteiger partial charge is 0.317 e. The molecule has 0 bridgehead atoms. The number of benzene rings is 2. The predicted octanol–water partition coefficient (Wildman–Crippen LogP) is 3.90. The van der Waals surface area contributed by atoms with Gasteiger partial charge in [0, 0.05) is 6.04 Å². The van der Waals surface area contributed by atoms with E-state index in [1.807, 2.05) is 19.2 Å². The number of nitrogens with one attached hydrogen (secondary N) is 1. The molecule has 1 unspecified atom stereocenters. The van der Waals surface area contributed by atoms with E-state index < -0.39 is 0 Å². The molecule has 106 valence electrons. The average molecular weight is 271 g/mol. The molecule has 0 spiro atoms. The molecule has 1 atom stereocenters. The van der Waals surface area contributed by atoms with Crippen LogP contribution in [0, 0.1) is 12.7 Å². The van der Waals surface area contributed by atoms with E-state index in [1.165, 1.54) is 28.8 Å². The molecule has 0 fully saturated rings. The molecule has 1 nitrogen and oxygen atoms in total. The van der Waals surface area contributed by atoms with Crippen molar-refractivity contribution in [2.45, 2.75) is 32.2 Å². The summed E-state index contributed by atoms with van der Waals surface area (Å²) < 4.78 is 12.9. The van der Waals surface area contributed by atoms with Crippen LogP contribution in [0.5, 0.6) is 0 Å². The predicted molar refractivity (Wildman–Crippen MR) is 82.5 cm³/mol. The minimum absolute atomic E-state index is 0.172. The molecule has 0 heterocycles. The maximum atomic E-state index is 12.9. The second kappa shape index (κ2) is 7.20. The van der Waals surface area contributed by atoms with Crippen LogP contribution in [0.1, 0.15) is 23.1 Å². The van der Waals surface area contributed by atoms with Crippen molar-refractivity contribution in [3.63, 3.8) is 0 Å². The first-order valence-corrected chi connectivity index (χ1v) is 7.14. The van der Waals surface area contributed by atoms with Gasteiger partial charge in [-0.05, 0) is 56.5 Å². The fourth-order valence-corrected chi connectivity index (χ4v) is 2.35. The summed E-state index contributed by atoms with van der Waals surface area (Å²) in [7, 11) is 1.99. The molecule has 1 N–H and O–H groups in total. The zero-order chi connectivity index (χ0) is 14.4. The first kappa shape index (κ1) is 14.7. The topological polar surface area (TPSA) is 12.0 Å². The molecular formula is C18H22FN. The van der Waals surface area contributed by atoms with Crippen LogP contribution >= 0.6 is 0 Å². The van der Waals surface area contributed by atoms with Crippen LogP contribution in [-0.4, -0.2) is 13.1 Å². The highest BCUT2D eigenvalue weighted by molar-refractivity contribution is 5.22. The third kappa shape index (κ3) is 4.46.